The first-order valence-corrected chi connectivity index (χ1v) is 9.84. The number of carbonyl (C=O) groups is 3. The van der Waals surface area contributed by atoms with Crippen molar-refractivity contribution in [3.05, 3.63) is 58.1 Å². The van der Waals surface area contributed by atoms with Crippen LogP contribution in [0.5, 0.6) is 0 Å². The summed E-state index contributed by atoms with van der Waals surface area (Å²) in [7, 11) is 2.47. The number of ether oxygens (including phenoxy) is 2. The largest absolute Gasteiger partial charge is 0.469 e. The van der Waals surface area contributed by atoms with Crippen LogP contribution in [0.25, 0.3) is 0 Å². The molecule has 1 amide bonds. The van der Waals surface area contributed by atoms with Crippen LogP contribution in [-0.4, -0.2) is 38.1 Å². The minimum atomic E-state index is -0.959. The molecule has 7 nitrogen and oxygen atoms in total. The fraction of sp³-hybridized carbons (Fsp3) is 0.286. The van der Waals surface area contributed by atoms with Gasteiger partial charge >= 0.3 is 11.9 Å². The maximum Gasteiger partial charge on any atom is 0.328 e. The Balaban J connectivity index is 2.12. The topological polar surface area (TPSA) is 93.7 Å². The quantitative estimate of drug-likeness (QED) is 0.560. The van der Waals surface area contributed by atoms with Gasteiger partial charge in [0.1, 0.15) is 6.04 Å². The minimum Gasteiger partial charge on any atom is -0.469 e. The number of carbonyl (C=O) groups excluding carboxylic acids is 3. The van der Waals surface area contributed by atoms with Crippen LogP contribution in [0.3, 0.4) is 0 Å². The van der Waals surface area contributed by atoms with Crippen molar-refractivity contribution in [2.24, 2.45) is 0 Å². The number of para-hydroxylation sites is 2. The number of esters is 2. The van der Waals surface area contributed by atoms with Crippen LogP contribution in [0.2, 0.25) is 10.0 Å². The number of methoxy groups -OCH3 is 2. The van der Waals surface area contributed by atoms with E-state index >= 15 is 0 Å². The minimum absolute atomic E-state index is 0.0169. The van der Waals surface area contributed by atoms with Gasteiger partial charge in [0.05, 0.1) is 36.4 Å². The van der Waals surface area contributed by atoms with Gasteiger partial charge in [0.25, 0.3) is 0 Å². The molecule has 2 aromatic rings. The van der Waals surface area contributed by atoms with Crippen LogP contribution in [-0.2, 0) is 30.3 Å². The molecule has 0 aliphatic carbocycles. The molecular weight excluding hydrogens is 431 g/mol. The second kappa shape index (κ2) is 11.4. The van der Waals surface area contributed by atoms with Gasteiger partial charge in [-0.2, -0.15) is 0 Å². The molecule has 0 aliphatic rings. The molecule has 2 rings (SSSR count). The Labute approximate surface area is 184 Å². The highest BCUT2D eigenvalue weighted by atomic mass is 35.5. The van der Waals surface area contributed by atoms with Gasteiger partial charge in [-0.15, -0.1) is 0 Å². The third kappa shape index (κ3) is 6.64. The first-order valence-electron chi connectivity index (χ1n) is 9.08. The summed E-state index contributed by atoms with van der Waals surface area (Å²) < 4.78 is 9.28. The Morgan fingerprint density at radius 1 is 0.967 bits per heavy atom. The first-order chi connectivity index (χ1) is 14.3. The maximum absolute atomic E-state index is 12.6. The zero-order valence-electron chi connectivity index (χ0n) is 16.5. The molecule has 30 heavy (non-hydrogen) atoms. The van der Waals surface area contributed by atoms with Gasteiger partial charge in [-0.1, -0.05) is 47.5 Å². The van der Waals surface area contributed by atoms with Crippen LogP contribution in [0.4, 0.5) is 11.4 Å². The van der Waals surface area contributed by atoms with E-state index in [2.05, 4.69) is 15.4 Å². The second-order valence-electron chi connectivity index (χ2n) is 6.31. The van der Waals surface area contributed by atoms with Crippen molar-refractivity contribution in [1.29, 1.82) is 0 Å². The highest BCUT2D eigenvalue weighted by Crippen LogP contribution is 2.33. The van der Waals surface area contributed by atoms with E-state index in [1.165, 1.54) is 14.2 Å². The summed E-state index contributed by atoms with van der Waals surface area (Å²) in [5.41, 5.74) is 1.84. The van der Waals surface area contributed by atoms with E-state index in [9.17, 15) is 14.4 Å². The normalized spacial score (nSPS) is 11.3. The molecular formula is C21H22Cl2N2O5. The summed E-state index contributed by atoms with van der Waals surface area (Å²) >= 11 is 12.4. The van der Waals surface area contributed by atoms with Crippen molar-refractivity contribution in [1.82, 2.24) is 5.32 Å². The molecule has 0 aliphatic heterocycles. The van der Waals surface area contributed by atoms with Crippen LogP contribution in [0, 0.1) is 0 Å². The van der Waals surface area contributed by atoms with E-state index in [1.54, 1.807) is 36.4 Å². The molecule has 1 atom stereocenters. The highest BCUT2D eigenvalue weighted by Gasteiger charge is 2.23. The van der Waals surface area contributed by atoms with Crippen molar-refractivity contribution >= 4 is 52.4 Å². The first kappa shape index (κ1) is 23.5. The van der Waals surface area contributed by atoms with E-state index in [0.717, 1.165) is 0 Å². The molecule has 0 fully saturated rings. The van der Waals surface area contributed by atoms with Crippen molar-refractivity contribution in [2.45, 2.75) is 25.3 Å². The Kier molecular flexibility index (Phi) is 8.95. The lowest BCUT2D eigenvalue weighted by molar-refractivity contribution is -0.146. The predicted octanol–water partition coefficient (Wildman–Crippen LogP) is 3.89. The molecule has 0 unspecified atom stereocenters. The molecule has 0 bridgehead atoms. The number of rotatable bonds is 9. The van der Waals surface area contributed by atoms with Crippen molar-refractivity contribution < 1.29 is 23.9 Å². The lowest BCUT2D eigenvalue weighted by atomic mass is 10.1. The second-order valence-corrected chi connectivity index (χ2v) is 7.13. The van der Waals surface area contributed by atoms with Crippen LogP contribution in [0.15, 0.2) is 42.5 Å². The van der Waals surface area contributed by atoms with Gasteiger partial charge in [-0.05, 0) is 30.2 Å². The van der Waals surface area contributed by atoms with Crippen molar-refractivity contribution in [3.8, 4) is 0 Å². The average Bonchev–Trinajstić information content (AvgIpc) is 2.74. The standard InChI is InChI=1S/C21H22Cl2N2O5/c1-29-19(27)11-10-17(21(28)30-2)24-18(26)12-13-6-3-4-9-16(13)25-20-14(22)7-5-8-15(20)23/h3-9,17,25H,10-12H2,1-2H3,(H,24,26)/t17-/m1/s1. The summed E-state index contributed by atoms with van der Waals surface area (Å²) in [6.07, 6.45) is 0.0247. The number of hydrogen-bond acceptors (Lipinski definition) is 6. The summed E-state index contributed by atoms with van der Waals surface area (Å²) in [6, 6.07) is 11.3. The molecule has 0 aromatic heterocycles. The summed E-state index contributed by atoms with van der Waals surface area (Å²) in [6.45, 7) is 0. The van der Waals surface area contributed by atoms with E-state index in [4.69, 9.17) is 27.9 Å². The molecule has 0 saturated carbocycles. The zero-order valence-corrected chi connectivity index (χ0v) is 18.0. The zero-order chi connectivity index (χ0) is 22.1. The van der Waals surface area contributed by atoms with Gasteiger partial charge in [-0.25, -0.2) is 4.79 Å². The fourth-order valence-electron chi connectivity index (χ4n) is 2.72. The summed E-state index contributed by atoms with van der Waals surface area (Å²) in [5, 5.41) is 6.64. The number of benzene rings is 2. The molecule has 0 saturated heterocycles. The van der Waals surface area contributed by atoms with Crippen molar-refractivity contribution in [3.63, 3.8) is 0 Å². The number of anilines is 2. The van der Waals surface area contributed by atoms with E-state index in [1.807, 2.05) is 6.07 Å². The van der Waals surface area contributed by atoms with E-state index < -0.39 is 23.9 Å². The fourth-order valence-corrected chi connectivity index (χ4v) is 3.21. The number of nitrogens with one attached hydrogen (secondary N) is 2. The van der Waals surface area contributed by atoms with Gasteiger partial charge in [0, 0.05) is 12.1 Å². The lowest BCUT2D eigenvalue weighted by Crippen LogP contribution is -2.42. The van der Waals surface area contributed by atoms with Gasteiger partial charge in [-0.3, -0.25) is 9.59 Å². The van der Waals surface area contributed by atoms with Gasteiger partial charge in [0.2, 0.25) is 5.91 Å². The van der Waals surface area contributed by atoms with E-state index in [-0.39, 0.29) is 19.3 Å². The average molecular weight is 453 g/mol. The van der Waals surface area contributed by atoms with Gasteiger partial charge < -0.3 is 20.1 Å². The molecule has 2 N–H and O–H groups in total. The van der Waals surface area contributed by atoms with Gasteiger partial charge in [0.15, 0.2) is 0 Å². The number of hydrogen-bond donors (Lipinski definition) is 2. The molecule has 0 radical (unpaired) electrons. The third-order valence-electron chi connectivity index (χ3n) is 4.28. The molecule has 2 aromatic carbocycles. The molecule has 0 heterocycles. The number of amides is 1. The highest BCUT2D eigenvalue weighted by molar-refractivity contribution is 6.39. The van der Waals surface area contributed by atoms with Crippen molar-refractivity contribution in [2.75, 3.05) is 19.5 Å². The molecule has 0 spiro atoms. The van der Waals surface area contributed by atoms with Crippen LogP contribution >= 0.6 is 23.2 Å². The Hall–Kier alpha value is -2.77. The van der Waals surface area contributed by atoms with Crippen LogP contribution < -0.4 is 10.6 Å². The Morgan fingerprint density at radius 3 is 2.27 bits per heavy atom. The molecule has 160 valence electrons. The monoisotopic (exact) mass is 452 g/mol. The summed E-state index contributed by atoms with van der Waals surface area (Å²) in [4.78, 5) is 35.9. The number of halogens is 2. The summed E-state index contributed by atoms with van der Waals surface area (Å²) in [5.74, 6) is -1.53. The van der Waals surface area contributed by atoms with Crippen LogP contribution in [0.1, 0.15) is 18.4 Å². The van der Waals surface area contributed by atoms with E-state index in [0.29, 0.717) is 27.0 Å². The smallest absolute Gasteiger partial charge is 0.328 e. The lowest BCUT2D eigenvalue weighted by Gasteiger charge is -2.17. The Bertz CT molecular complexity index is 900. The molecule has 9 heteroatoms. The maximum atomic E-state index is 12.6. The predicted molar refractivity (Wildman–Crippen MR) is 115 cm³/mol. The SMILES string of the molecule is COC(=O)CC[C@@H](NC(=O)Cc1ccccc1Nc1c(Cl)cccc1Cl)C(=O)OC. The third-order valence-corrected chi connectivity index (χ3v) is 4.91. The Morgan fingerprint density at radius 2 is 1.63 bits per heavy atom.